The number of alkyl halides is 1. The monoisotopic (exact) mass is 198 g/mol. The maximum absolute atomic E-state index is 12.2. The third kappa shape index (κ3) is 15.2. The predicted octanol–water partition coefficient (Wildman–Crippen LogP) is -1.56. The minimum Gasteiger partial charge on any atom is -0.550 e. The van der Waals surface area contributed by atoms with Gasteiger partial charge in [0.1, 0.15) is 0 Å². The average molecular weight is 198 g/mol. The minimum absolute atomic E-state index is 0. The molecule has 1 atom stereocenters. The van der Waals surface area contributed by atoms with Crippen molar-refractivity contribution in [2.45, 2.75) is 51.6 Å². The van der Waals surface area contributed by atoms with Crippen molar-refractivity contribution >= 4 is 5.97 Å². The zero-order valence-electron chi connectivity index (χ0n) is 8.51. The van der Waals surface area contributed by atoms with E-state index in [1.807, 2.05) is 0 Å². The van der Waals surface area contributed by atoms with Crippen LogP contribution < -0.4 is 34.7 Å². The molecular formula is C9H16FNaO2. The van der Waals surface area contributed by atoms with E-state index in [4.69, 9.17) is 0 Å². The third-order valence-electron chi connectivity index (χ3n) is 1.73. The first-order valence-corrected chi connectivity index (χ1v) is 4.47. The van der Waals surface area contributed by atoms with Gasteiger partial charge in [0.2, 0.25) is 0 Å². The molecule has 2 nitrogen and oxygen atoms in total. The van der Waals surface area contributed by atoms with Crippen LogP contribution in [0.3, 0.4) is 0 Å². The molecule has 0 radical (unpaired) electrons. The first kappa shape index (κ1) is 15.9. The Balaban J connectivity index is 0. The number of aliphatic carboxylic acids is 1. The number of rotatable bonds is 7. The van der Waals surface area contributed by atoms with E-state index in [2.05, 4.69) is 0 Å². The summed E-state index contributed by atoms with van der Waals surface area (Å²) in [5.74, 6) is -0.992. The van der Waals surface area contributed by atoms with Crippen LogP contribution in [-0.2, 0) is 4.79 Å². The fourth-order valence-electron chi connectivity index (χ4n) is 1.05. The van der Waals surface area contributed by atoms with Crippen LogP contribution in [0.2, 0.25) is 0 Å². The van der Waals surface area contributed by atoms with Gasteiger partial charge in [-0.1, -0.05) is 19.3 Å². The van der Waals surface area contributed by atoms with Gasteiger partial charge in [0.25, 0.3) is 0 Å². The van der Waals surface area contributed by atoms with Gasteiger partial charge < -0.3 is 9.90 Å². The van der Waals surface area contributed by atoms with Gasteiger partial charge >= 0.3 is 29.6 Å². The van der Waals surface area contributed by atoms with Crippen molar-refractivity contribution in [2.24, 2.45) is 0 Å². The molecule has 0 heterocycles. The van der Waals surface area contributed by atoms with Crippen molar-refractivity contribution in [3.8, 4) is 0 Å². The molecule has 1 unspecified atom stereocenters. The van der Waals surface area contributed by atoms with E-state index in [0.717, 1.165) is 19.3 Å². The summed E-state index contributed by atoms with van der Waals surface area (Å²) in [5.41, 5.74) is 0. The molecule has 0 saturated heterocycles. The summed E-state index contributed by atoms with van der Waals surface area (Å²) in [6, 6.07) is 0. The number of hydrogen-bond donors (Lipinski definition) is 0. The number of carboxylic acid groups (broad SMARTS) is 1. The Hall–Kier alpha value is 0.400. The number of carboxylic acids is 1. The quantitative estimate of drug-likeness (QED) is 0.366. The first-order chi connectivity index (χ1) is 5.63. The Morgan fingerprint density at radius 3 is 2.31 bits per heavy atom. The van der Waals surface area contributed by atoms with Crippen molar-refractivity contribution in [3.63, 3.8) is 0 Å². The number of hydrogen-bond acceptors (Lipinski definition) is 2. The molecule has 0 N–H and O–H groups in total. The standard InChI is InChI=1S/C9H17FO2.Na/c1-8(10)6-4-2-3-5-7-9(11)12;/h8H,2-7H2,1H3,(H,11,12);/q;+1/p-1. The molecule has 4 heteroatoms. The molecule has 0 fully saturated rings. The first-order valence-electron chi connectivity index (χ1n) is 4.47. The van der Waals surface area contributed by atoms with Gasteiger partial charge in [-0.3, -0.25) is 0 Å². The minimum atomic E-state index is -0.992. The summed E-state index contributed by atoms with van der Waals surface area (Å²) < 4.78 is 12.2. The third-order valence-corrected chi connectivity index (χ3v) is 1.73. The molecule has 13 heavy (non-hydrogen) atoms. The van der Waals surface area contributed by atoms with E-state index in [9.17, 15) is 14.3 Å². The molecule has 0 aromatic carbocycles. The Bertz CT molecular complexity index is 129. The molecule has 0 saturated carbocycles. The Kier molecular flexibility index (Phi) is 12.8. The Labute approximate surface area is 101 Å². The second-order valence-electron chi connectivity index (χ2n) is 3.11. The molecule has 72 valence electrons. The van der Waals surface area contributed by atoms with E-state index in [1.165, 1.54) is 0 Å². The second kappa shape index (κ2) is 10.5. The Morgan fingerprint density at radius 2 is 1.85 bits per heavy atom. The van der Waals surface area contributed by atoms with E-state index in [-0.39, 0.29) is 36.0 Å². The van der Waals surface area contributed by atoms with E-state index < -0.39 is 12.1 Å². The summed E-state index contributed by atoms with van der Waals surface area (Å²) in [6.07, 6.45) is 3.28. The SMILES string of the molecule is CC(F)CCCCCCC(=O)[O-].[Na+]. The molecule has 0 bridgehead atoms. The molecule has 0 aromatic heterocycles. The van der Waals surface area contributed by atoms with Crippen molar-refractivity contribution in [1.29, 1.82) is 0 Å². The van der Waals surface area contributed by atoms with Crippen LogP contribution in [0.5, 0.6) is 0 Å². The summed E-state index contributed by atoms with van der Waals surface area (Å²) >= 11 is 0. The normalized spacial score (nSPS) is 11.8. The molecule has 0 aliphatic heterocycles. The molecular weight excluding hydrogens is 182 g/mol. The number of halogens is 1. The van der Waals surface area contributed by atoms with Crippen LogP contribution in [0, 0.1) is 0 Å². The van der Waals surface area contributed by atoms with Crippen molar-refractivity contribution in [1.82, 2.24) is 0 Å². The summed E-state index contributed by atoms with van der Waals surface area (Å²) in [5, 5.41) is 9.97. The molecule has 0 spiro atoms. The second-order valence-corrected chi connectivity index (χ2v) is 3.11. The van der Waals surface area contributed by atoms with E-state index in [1.54, 1.807) is 6.92 Å². The average Bonchev–Trinajstić information content (AvgIpc) is 1.95. The molecule has 0 aromatic rings. The van der Waals surface area contributed by atoms with Gasteiger partial charge in [0.15, 0.2) is 0 Å². The molecule has 0 aliphatic rings. The van der Waals surface area contributed by atoms with Crippen molar-refractivity contribution in [2.75, 3.05) is 0 Å². The largest absolute Gasteiger partial charge is 1.00 e. The number of unbranched alkanes of at least 4 members (excludes halogenated alkanes) is 3. The number of carbonyl (C=O) groups excluding carboxylic acids is 1. The van der Waals surface area contributed by atoms with E-state index >= 15 is 0 Å². The summed E-state index contributed by atoms with van der Waals surface area (Å²) in [7, 11) is 0. The van der Waals surface area contributed by atoms with Crippen LogP contribution >= 0.6 is 0 Å². The topological polar surface area (TPSA) is 40.1 Å². The maximum atomic E-state index is 12.2. The summed E-state index contributed by atoms with van der Waals surface area (Å²) in [4.78, 5) is 9.97. The maximum Gasteiger partial charge on any atom is 1.00 e. The molecule has 0 rings (SSSR count). The van der Waals surface area contributed by atoms with Gasteiger partial charge in [-0.25, -0.2) is 4.39 Å². The van der Waals surface area contributed by atoms with Crippen LogP contribution in [0.25, 0.3) is 0 Å². The zero-order valence-corrected chi connectivity index (χ0v) is 10.5. The smallest absolute Gasteiger partial charge is 0.550 e. The molecule has 0 amide bonds. The predicted molar refractivity (Wildman–Crippen MR) is 43.3 cm³/mol. The number of carbonyl (C=O) groups is 1. The van der Waals surface area contributed by atoms with Gasteiger partial charge in [-0.2, -0.15) is 0 Å². The van der Waals surface area contributed by atoms with Gasteiger partial charge in [-0.05, 0) is 26.2 Å². The van der Waals surface area contributed by atoms with E-state index in [0.29, 0.717) is 12.8 Å². The van der Waals surface area contributed by atoms with Crippen molar-refractivity contribution < 1.29 is 43.8 Å². The molecule has 0 aliphatic carbocycles. The van der Waals surface area contributed by atoms with Gasteiger partial charge in [0.05, 0.1) is 6.17 Å². The van der Waals surface area contributed by atoms with Gasteiger partial charge in [-0.15, -0.1) is 0 Å². The van der Waals surface area contributed by atoms with Crippen LogP contribution in [-0.4, -0.2) is 12.1 Å². The van der Waals surface area contributed by atoms with Crippen LogP contribution in [0.1, 0.15) is 45.4 Å². The fourth-order valence-corrected chi connectivity index (χ4v) is 1.05. The summed E-state index contributed by atoms with van der Waals surface area (Å²) in [6.45, 7) is 1.54. The van der Waals surface area contributed by atoms with Crippen molar-refractivity contribution in [3.05, 3.63) is 0 Å². The van der Waals surface area contributed by atoms with Crippen LogP contribution in [0.15, 0.2) is 0 Å². The Morgan fingerprint density at radius 1 is 1.31 bits per heavy atom. The zero-order chi connectivity index (χ0) is 9.40. The van der Waals surface area contributed by atoms with Crippen LogP contribution in [0.4, 0.5) is 4.39 Å². The van der Waals surface area contributed by atoms with Gasteiger partial charge in [0, 0.05) is 5.97 Å². The fraction of sp³-hybridized carbons (Fsp3) is 0.889.